The number of benzene rings is 2. The van der Waals surface area contributed by atoms with Gasteiger partial charge in [-0.2, -0.15) is 13.2 Å². The Balaban J connectivity index is 1.23. The first-order chi connectivity index (χ1) is 15.3. The highest BCUT2D eigenvalue weighted by atomic mass is 19.4. The van der Waals surface area contributed by atoms with Crippen molar-refractivity contribution in [3.8, 4) is 0 Å². The molecule has 1 heterocycles. The topological polar surface area (TPSA) is 23.6 Å². The Morgan fingerprint density at radius 3 is 2.38 bits per heavy atom. The molecule has 2 aromatic rings. The molecule has 0 bridgehead atoms. The van der Waals surface area contributed by atoms with E-state index in [4.69, 9.17) is 0 Å². The van der Waals surface area contributed by atoms with Crippen molar-refractivity contribution in [2.24, 2.45) is 5.92 Å². The normalized spacial score (nSPS) is 19.0. The minimum absolute atomic E-state index is 0.232. The van der Waals surface area contributed by atoms with Crippen molar-refractivity contribution >= 4 is 5.91 Å². The predicted octanol–water partition coefficient (Wildman–Crippen LogP) is 5.15. The van der Waals surface area contributed by atoms with Gasteiger partial charge in [-0.3, -0.25) is 4.79 Å². The van der Waals surface area contributed by atoms with Crippen molar-refractivity contribution in [2.45, 2.75) is 43.7 Å². The van der Waals surface area contributed by atoms with Crippen molar-refractivity contribution in [1.82, 2.24) is 9.80 Å². The molecule has 2 aliphatic rings. The molecule has 1 saturated carbocycles. The zero-order chi connectivity index (χ0) is 22.8. The van der Waals surface area contributed by atoms with Gasteiger partial charge in [0.05, 0.1) is 11.0 Å². The number of alkyl halides is 3. The molecular formula is C26H31F3N2O. The number of halogens is 3. The summed E-state index contributed by atoms with van der Waals surface area (Å²) in [5.41, 5.74) is 0.955. The molecule has 1 amide bonds. The Labute approximate surface area is 188 Å². The van der Waals surface area contributed by atoms with Crippen LogP contribution in [0.3, 0.4) is 0 Å². The third-order valence-electron chi connectivity index (χ3n) is 7.04. The highest BCUT2D eigenvalue weighted by Gasteiger charge is 2.52. The molecule has 3 nitrogen and oxygen atoms in total. The number of nitrogens with zero attached hydrogens (tertiary/aromatic N) is 2. The zero-order valence-electron chi connectivity index (χ0n) is 18.6. The van der Waals surface area contributed by atoms with Gasteiger partial charge in [0.1, 0.15) is 0 Å². The molecule has 32 heavy (non-hydrogen) atoms. The van der Waals surface area contributed by atoms with E-state index in [1.54, 1.807) is 6.07 Å². The van der Waals surface area contributed by atoms with Crippen molar-refractivity contribution < 1.29 is 18.0 Å². The first-order valence-electron chi connectivity index (χ1n) is 11.5. The molecule has 0 atom stereocenters. The van der Waals surface area contributed by atoms with Crippen LogP contribution < -0.4 is 0 Å². The second kappa shape index (κ2) is 9.26. The Bertz CT molecular complexity index is 916. The number of rotatable bonds is 7. The molecule has 6 heteroatoms. The lowest BCUT2D eigenvalue weighted by Crippen LogP contribution is -2.43. The Kier molecular flexibility index (Phi) is 6.61. The zero-order valence-corrected chi connectivity index (χ0v) is 18.6. The summed E-state index contributed by atoms with van der Waals surface area (Å²) in [6.07, 6.45) is 0.198. The number of piperidine rings is 1. The maximum Gasteiger partial charge on any atom is 0.416 e. The number of likely N-dealkylation sites (tertiary alicyclic amines) is 1. The van der Waals surface area contributed by atoms with Gasteiger partial charge in [0.2, 0.25) is 5.91 Å². The number of carbonyl (C=O) groups excluding carboxylic acids is 1. The van der Waals surface area contributed by atoms with Crippen molar-refractivity contribution in [3.63, 3.8) is 0 Å². The summed E-state index contributed by atoms with van der Waals surface area (Å²) in [5, 5.41) is 0. The Morgan fingerprint density at radius 2 is 1.75 bits per heavy atom. The predicted molar refractivity (Wildman–Crippen MR) is 119 cm³/mol. The van der Waals surface area contributed by atoms with Gasteiger partial charge in [-0.25, -0.2) is 0 Å². The maximum atomic E-state index is 13.2. The average Bonchev–Trinajstić information content (AvgIpc) is 3.60. The molecule has 2 aromatic carbocycles. The largest absolute Gasteiger partial charge is 0.416 e. The minimum atomic E-state index is -4.29. The molecule has 0 radical (unpaired) electrons. The van der Waals surface area contributed by atoms with E-state index in [0.717, 1.165) is 69.1 Å². The third-order valence-corrected chi connectivity index (χ3v) is 7.04. The van der Waals surface area contributed by atoms with E-state index in [9.17, 15) is 18.0 Å². The monoisotopic (exact) mass is 444 g/mol. The van der Waals surface area contributed by atoms with Crippen LogP contribution in [0, 0.1) is 5.92 Å². The van der Waals surface area contributed by atoms with Crippen LogP contribution in [0.2, 0.25) is 0 Å². The first-order valence-corrected chi connectivity index (χ1v) is 11.5. The molecule has 1 aliphatic carbocycles. The van der Waals surface area contributed by atoms with E-state index in [2.05, 4.69) is 17.0 Å². The highest BCUT2D eigenvalue weighted by Crippen LogP contribution is 2.49. The van der Waals surface area contributed by atoms with Crippen LogP contribution in [0.15, 0.2) is 54.6 Å². The summed E-state index contributed by atoms with van der Waals surface area (Å²) in [7, 11) is 1.92. The molecule has 2 fully saturated rings. The number of hydrogen-bond donors (Lipinski definition) is 0. The van der Waals surface area contributed by atoms with Gasteiger partial charge in [0, 0.05) is 20.1 Å². The molecule has 1 saturated heterocycles. The third kappa shape index (κ3) is 5.17. The van der Waals surface area contributed by atoms with Crippen LogP contribution in [0.1, 0.15) is 42.4 Å². The number of likely N-dealkylation sites (N-methyl/N-ethyl adjacent to an activating group) is 1. The summed E-state index contributed by atoms with van der Waals surface area (Å²) in [4.78, 5) is 17.4. The fraction of sp³-hybridized carbons (Fsp3) is 0.500. The quantitative estimate of drug-likeness (QED) is 0.590. The van der Waals surface area contributed by atoms with E-state index < -0.39 is 11.7 Å². The van der Waals surface area contributed by atoms with Gasteiger partial charge in [-0.15, -0.1) is 0 Å². The van der Waals surface area contributed by atoms with Crippen LogP contribution in [-0.4, -0.2) is 48.9 Å². The first kappa shape index (κ1) is 22.8. The van der Waals surface area contributed by atoms with Crippen LogP contribution in [0.5, 0.6) is 0 Å². The van der Waals surface area contributed by atoms with Crippen LogP contribution in [0.25, 0.3) is 0 Å². The van der Waals surface area contributed by atoms with Gasteiger partial charge in [0.15, 0.2) is 0 Å². The van der Waals surface area contributed by atoms with E-state index in [1.165, 1.54) is 12.1 Å². The van der Waals surface area contributed by atoms with Crippen molar-refractivity contribution in [1.29, 1.82) is 0 Å². The van der Waals surface area contributed by atoms with Crippen molar-refractivity contribution in [3.05, 3.63) is 71.3 Å². The summed E-state index contributed by atoms with van der Waals surface area (Å²) in [6.45, 7) is 3.39. The summed E-state index contributed by atoms with van der Waals surface area (Å²) in [5.74, 6) is 0.705. The van der Waals surface area contributed by atoms with E-state index in [1.807, 2.05) is 30.1 Å². The molecule has 1 aliphatic heterocycles. The number of carbonyl (C=O) groups is 1. The van der Waals surface area contributed by atoms with E-state index in [-0.39, 0.29) is 11.3 Å². The van der Waals surface area contributed by atoms with Crippen LogP contribution in [-0.2, 0) is 22.8 Å². The molecular weight excluding hydrogens is 413 g/mol. The highest BCUT2D eigenvalue weighted by molar-refractivity contribution is 5.91. The summed E-state index contributed by atoms with van der Waals surface area (Å²) < 4.78 is 38.7. The van der Waals surface area contributed by atoms with Gasteiger partial charge in [-0.1, -0.05) is 48.5 Å². The Morgan fingerprint density at radius 1 is 1.06 bits per heavy atom. The summed E-state index contributed by atoms with van der Waals surface area (Å²) in [6, 6.07) is 15.7. The lowest BCUT2D eigenvalue weighted by Gasteiger charge is -2.35. The number of hydrogen-bond acceptors (Lipinski definition) is 2. The van der Waals surface area contributed by atoms with Gasteiger partial charge >= 0.3 is 6.18 Å². The lowest BCUT2D eigenvalue weighted by molar-refractivity contribution is -0.137. The molecule has 0 unspecified atom stereocenters. The fourth-order valence-electron chi connectivity index (χ4n) is 4.93. The van der Waals surface area contributed by atoms with Gasteiger partial charge in [0.25, 0.3) is 0 Å². The van der Waals surface area contributed by atoms with Crippen LogP contribution in [0.4, 0.5) is 13.2 Å². The molecule has 0 spiro atoms. The maximum absolute atomic E-state index is 13.2. The van der Waals surface area contributed by atoms with Gasteiger partial charge in [-0.05, 0) is 68.3 Å². The molecule has 0 aromatic heterocycles. The Hall–Kier alpha value is -2.34. The average molecular weight is 445 g/mol. The van der Waals surface area contributed by atoms with E-state index >= 15 is 0 Å². The SMILES string of the molecule is CN(CC1CCN(CCc2cccc(C(F)(F)F)c2)CC1)C(=O)C1(c2ccccc2)CC1. The smallest absolute Gasteiger partial charge is 0.345 e. The van der Waals surface area contributed by atoms with E-state index in [0.29, 0.717) is 12.3 Å². The second-order valence-corrected chi connectivity index (χ2v) is 9.37. The van der Waals surface area contributed by atoms with Crippen LogP contribution >= 0.6 is 0 Å². The molecule has 0 N–H and O–H groups in total. The van der Waals surface area contributed by atoms with Gasteiger partial charge < -0.3 is 9.80 Å². The summed E-state index contributed by atoms with van der Waals surface area (Å²) >= 11 is 0. The van der Waals surface area contributed by atoms with Crippen molar-refractivity contribution in [2.75, 3.05) is 33.2 Å². The second-order valence-electron chi connectivity index (χ2n) is 9.37. The lowest BCUT2D eigenvalue weighted by atomic mass is 9.92. The fourth-order valence-corrected chi connectivity index (χ4v) is 4.93. The minimum Gasteiger partial charge on any atom is -0.345 e. The molecule has 172 valence electrons. The number of amides is 1. The standard InChI is InChI=1S/C26H31F3N2O/c1-30(24(32)25(13-14-25)22-7-3-2-4-8-22)19-21-11-16-31(17-12-21)15-10-20-6-5-9-23(18-20)26(27,28)29/h2-9,18,21H,10-17,19H2,1H3. The molecule has 4 rings (SSSR count).